The summed E-state index contributed by atoms with van der Waals surface area (Å²) in [7, 11) is 0. The minimum atomic E-state index is -1.59. The molecule has 7 nitrogen and oxygen atoms in total. The van der Waals surface area contributed by atoms with E-state index in [1.54, 1.807) is 60.7 Å². The Kier molecular flexibility index (Phi) is 6.20. The highest BCUT2D eigenvalue weighted by atomic mass is 16.6. The van der Waals surface area contributed by atoms with Crippen LogP contribution in [0.15, 0.2) is 72.3 Å². The van der Waals surface area contributed by atoms with Crippen molar-refractivity contribution in [2.75, 3.05) is 6.61 Å². The van der Waals surface area contributed by atoms with Crippen molar-refractivity contribution in [3.63, 3.8) is 0 Å². The number of aliphatic hydroxyl groups is 3. The van der Waals surface area contributed by atoms with E-state index in [-0.39, 0.29) is 17.7 Å². The van der Waals surface area contributed by atoms with Crippen LogP contribution in [0.4, 0.5) is 0 Å². The highest BCUT2D eigenvalue weighted by Crippen LogP contribution is 2.24. The van der Waals surface area contributed by atoms with Crippen molar-refractivity contribution in [2.45, 2.75) is 24.4 Å². The van der Waals surface area contributed by atoms with Gasteiger partial charge in [0.05, 0.1) is 11.1 Å². The van der Waals surface area contributed by atoms with E-state index in [1.165, 1.54) is 6.08 Å². The van der Waals surface area contributed by atoms with Crippen molar-refractivity contribution >= 4 is 11.9 Å². The van der Waals surface area contributed by atoms with E-state index in [0.29, 0.717) is 5.56 Å². The molecule has 0 heterocycles. The van der Waals surface area contributed by atoms with E-state index in [1.807, 2.05) is 0 Å². The summed E-state index contributed by atoms with van der Waals surface area (Å²) in [6, 6.07) is 16.5. The average Bonchev–Trinajstić information content (AvgIpc) is 2.74. The average molecular weight is 384 g/mol. The number of carbonyl (C=O) groups excluding carboxylic acids is 2. The summed E-state index contributed by atoms with van der Waals surface area (Å²) < 4.78 is 10.4. The van der Waals surface area contributed by atoms with Crippen molar-refractivity contribution < 1.29 is 34.4 Å². The second kappa shape index (κ2) is 8.79. The van der Waals surface area contributed by atoms with Gasteiger partial charge in [0.2, 0.25) is 0 Å². The number of hydrogen-bond donors (Lipinski definition) is 3. The molecule has 0 bridgehead atoms. The van der Waals surface area contributed by atoms with E-state index in [9.17, 15) is 24.9 Å². The standard InChI is InChI=1S/C21H20O7/c22-17-15(12-27-20(25)13-7-3-1-4-8-13)11-16(18(23)19(17)24)28-21(26)14-9-5-2-6-10-14/h1-11,16-19,22-24H,12H2. The maximum atomic E-state index is 12.2. The lowest BCUT2D eigenvalue weighted by Gasteiger charge is -2.34. The molecule has 0 saturated heterocycles. The molecule has 3 N–H and O–H groups in total. The van der Waals surface area contributed by atoms with Gasteiger partial charge in [-0.05, 0) is 35.9 Å². The molecule has 0 amide bonds. The van der Waals surface area contributed by atoms with Crippen LogP contribution in [0.1, 0.15) is 20.7 Å². The zero-order valence-electron chi connectivity index (χ0n) is 14.8. The summed E-state index contributed by atoms with van der Waals surface area (Å²) in [5.41, 5.74) is 0.745. The minimum Gasteiger partial charge on any atom is -0.457 e. The van der Waals surface area contributed by atoms with Crippen LogP contribution in [-0.2, 0) is 9.47 Å². The molecule has 2 aromatic carbocycles. The van der Waals surface area contributed by atoms with Gasteiger partial charge in [0, 0.05) is 0 Å². The third-order valence-corrected chi connectivity index (χ3v) is 4.40. The Labute approximate surface area is 161 Å². The van der Waals surface area contributed by atoms with Gasteiger partial charge in [-0.2, -0.15) is 0 Å². The number of aliphatic hydroxyl groups excluding tert-OH is 3. The second-order valence-electron chi connectivity index (χ2n) is 6.35. The smallest absolute Gasteiger partial charge is 0.338 e. The number of ether oxygens (including phenoxy) is 2. The van der Waals surface area contributed by atoms with Crippen molar-refractivity contribution in [3.8, 4) is 0 Å². The van der Waals surface area contributed by atoms with Crippen LogP contribution in [0.5, 0.6) is 0 Å². The molecule has 0 fully saturated rings. The van der Waals surface area contributed by atoms with E-state index in [4.69, 9.17) is 9.47 Å². The van der Waals surface area contributed by atoms with Crippen LogP contribution in [0, 0.1) is 0 Å². The Morgan fingerprint density at radius 1 is 0.786 bits per heavy atom. The maximum Gasteiger partial charge on any atom is 0.338 e. The predicted octanol–water partition coefficient (Wildman–Crippen LogP) is 1.09. The van der Waals surface area contributed by atoms with Gasteiger partial charge in [-0.25, -0.2) is 9.59 Å². The fourth-order valence-corrected chi connectivity index (χ4v) is 2.82. The van der Waals surface area contributed by atoms with Gasteiger partial charge < -0.3 is 24.8 Å². The largest absolute Gasteiger partial charge is 0.457 e. The fraction of sp³-hybridized carbons (Fsp3) is 0.238. The number of esters is 2. The van der Waals surface area contributed by atoms with Gasteiger partial charge in [0.15, 0.2) is 0 Å². The van der Waals surface area contributed by atoms with Gasteiger partial charge in [-0.15, -0.1) is 0 Å². The molecule has 7 heteroatoms. The zero-order valence-corrected chi connectivity index (χ0v) is 14.8. The lowest BCUT2D eigenvalue weighted by molar-refractivity contribution is -0.0995. The Bertz CT molecular complexity index is 848. The summed E-state index contributed by atoms with van der Waals surface area (Å²) in [5, 5.41) is 30.4. The van der Waals surface area contributed by atoms with Crippen molar-refractivity contribution in [1.29, 1.82) is 0 Å². The molecule has 0 aliphatic heterocycles. The Hall–Kier alpha value is -3.00. The first-order chi connectivity index (χ1) is 13.5. The highest BCUT2D eigenvalue weighted by molar-refractivity contribution is 5.90. The molecule has 28 heavy (non-hydrogen) atoms. The molecular weight excluding hydrogens is 364 g/mol. The molecule has 3 rings (SSSR count). The molecule has 0 saturated carbocycles. The van der Waals surface area contributed by atoms with Crippen molar-refractivity contribution in [1.82, 2.24) is 0 Å². The van der Waals surface area contributed by atoms with E-state index < -0.39 is 36.4 Å². The minimum absolute atomic E-state index is 0.132. The normalized spacial score (nSPS) is 24.2. The van der Waals surface area contributed by atoms with Crippen LogP contribution in [-0.4, -0.2) is 58.3 Å². The monoisotopic (exact) mass is 384 g/mol. The Morgan fingerprint density at radius 2 is 1.32 bits per heavy atom. The lowest BCUT2D eigenvalue weighted by atomic mass is 9.89. The van der Waals surface area contributed by atoms with Crippen molar-refractivity contribution in [2.24, 2.45) is 0 Å². The lowest BCUT2D eigenvalue weighted by Crippen LogP contribution is -2.50. The fourth-order valence-electron chi connectivity index (χ4n) is 2.82. The number of rotatable bonds is 5. The number of benzene rings is 2. The van der Waals surface area contributed by atoms with Crippen LogP contribution in [0.2, 0.25) is 0 Å². The van der Waals surface area contributed by atoms with Crippen molar-refractivity contribution in [3.05, 3.63) is 83.4 Å². The molecule has 0 radical (unpaired) electrons. The van der Waals surface area contributed by atoms with Crippen LogP contribution in [0.3, 0.4) is 0 Å². The van der Waals surface area contributed by atoms with E-state index in [0.717, 1.165) is 0 Å². The zero-order chi connectivity index (χ0) is 20.1. The molecule has 0 aromatic heterocycles. The van der Waals surface area contributed by atoms with Crippen LogP contribution >= 0.6 is 0 Å². The first kappa shape index (κ1) is 19.8. The Balaban J connectivity index is 1.71. The summed E-state index contributed by atoms with van der Waals surface area (Å²) in [6.45, 7) is -0.321. The quantitative estimate of drug-likeness (QED) is 0.522. The van der Waals surface area contributed by atoms with E-state index in [2.05, 4.69) is 0 Å². The van der Waals surface area contributed by atoms with Gasteiger partial charge in [-0.3, -0.25) is 0 Å². The summed E-state index contributed by atoms with van der Waals surface area (Å²) in [5.74, 6) is -1.29. The highest BCUT2D eigenvalue weighted by Gasteiger charge is 2.39. The van der Waals surface area contributed by atoms with Gasteiger partial charge in [0.1, 0.15) is 31.0 Å². The van der Waals surface area contributed by atoms with Gasteiger partial charge >= 0.3 is 11.9 Å². The molecule has 4 unspecified atom stereocenters. The molecule has 4 atom stereocenters. The Morgan fingerprint density at radius 3 is 1.89 bits per heavy atom. The number of hydrogen-bond acceptors (Lipinski definition) is 7. The third kappa shape index (κ3) is 4.45. The van der Waals surface area contributed by atoms with Gasteiger partial charge in [-0.1, -0.05) is 36.4 Å². The SMILES string of the molecule is O=C(OCC1=CC(OC(=O)c2ccccc2)C(O)C(O)C1O)c1ccccc1. The molecular formula is C21H20O7. The maximum absolute atomic E-state index is 12.2. The summed E-state index contributed by atoms with van der Waals surface area (Å²) in [4.78, 5) is 24.3. The van der Waals surface area contributed by atoms with Crippen LogP contribution in [0.25, 0.3) is 0 Å². The summed E-state index contributed by atoms with van der Waals surface area (Å²) in [6.07, 6.45) is -4.47. The topological polar surface area (TPSA) is 113 Å². The number of carbonyl (C=O) groups is 2. The molecule has 146 valence electrons. The molecule has 2 aromatic rings. The van der Waals surface area contributed by atoms with Gasteiger partial charge in [0.25, 0.3) is 0 Å². The third-order valence-electron chi connectivity index (χ3n) is 4.40. The molecule has 1 aliphatic rings. The van der Waals surface area contributed by atoms with E-state index >= 15 is 0 Å². The second-order valence-corrected chi connectivity index (χ2v) is 6.35. The predicted molar refractivity (Wildman–Crippen MR) is 98.5 cm³/mol. The first-order valence-corrected chi connectivity index (χ1v) is 8.70. The summed E-state index contributed by atoms with van der Waals surface area (Å²) >= 11 is 0. The first-order valence-electron chi connectivity index (χ1n) is 8.70. The molecule has 1 aliphatic carbocycles. The molecule has 0 spiro atoms. The van der Waals surface area contributed by atoms with Crippen LogP contribution < -0.4 is 0 Å².